The van der Waals surface area contributed by atoms with Crippen LogP contribution in [-0.4, -0.2) is 41.4 Å². The van der Waals surface area contributed by atoms with Crippen molar-refractivity contribution in [3.05, 3.63) is 29.8 Å². The molecule has 0 aromatic heterocycles. The van der Waals surface area contributed by atoms with Crippen molar-refractivity contribution in [2.75, 3.05) is 30.7 Å². The molecule has 1 aromatic carbocycles. The Morgan fingerprint density at radius 2 is 2.26 bits per heavy atom. The first-order valence-electron chi connectivity index (χ1n) is 6.96. The van der Waals surface area contributed by atoms with Crippen LogP contribution in [0.1, 0.15) is 12.5 Å². The summed E-state index contributed by atoms with van der Waals surface area (Å²) in [7, 11) is 0. The lowest BCUT2D eigenvalue weighted by molar-refractivity contribution is -0.135. The van der Waals surface area contributed by atoms with Crippen LogP contribution in [0.2, 0.25) is 0 Å². The van der Waals surface area contributed by atoms with Gasteiger partial charge in [-0.15, -0.1) is 0 Å². The van der Waals surface area contributed by atoms with Crippen molar-refractivity contribution in [1.29, 1.82) is 0 Å². The van der Waals surface area contributed by atoms with Gasteiger partial charge in [-0.25, -0.2) is 0 Å². The fraction of sp³-hybridized carbons (Fsp3) is 0.533. The number of rotatable bonds is 1. The second kappa shape index (κ2) is 5.45. The Hall–Kier alpha value is -1.16. The second-order valence-corrected chi connectivity index (χ2v) is 6.95. The summed E-state index contributed by atoms with van der Waals surface area (Å²) in [5, 5.41) is 3.96. The molecule has 102 valence electrons. The number of para-hydroxylation sites is 1. The highest BCUT2D eigenvalue weighted by molar-refractivity contribution is 7.99. The molecule has 2 aliphatic rings. The lowest BCUT2D eigenvalue weighted by Gasteiger charge is -2.35. The van der Waals surface area contributed by atoms with Gasteiger partial charge in [0.15, 0.2) is 0 Å². The molecule has 2 heterocycles. The SMILES string of the molecule is CC1CN(C(=O)C2CNc3ccccc3C2)CCS1. The summed E-state index contributed by atoms with van der Waals surface area (Å²) in [6.45, 7) is 4.79. The Morgan fingerprint density at radius 1 is 1.42 bits per heavy atom. The molecule has 3 rings (SSSR count). The minimum Gasteiger partial charge on any atom is -0.384 e. The summed E-state index contributed by atoms with van der Waals surface area (Å²) in [5.41, 5.74) is 2.46. The van der Waals surface area contributed by atoms with Gasteiger partial charge in [-0.3, -0.25) is 4.79 Å². The number of benzene rings is 1. The van der Waals surface area contributed by atoms with Crippen molar-refractivity contribution in [3.8, 4) is 0 Å². The van der Waals surface area contributed by atoms with Crippen LogP contribution in [0.3, 0.4) is 0 Å². The quantitative estimate of drug-likeness (QED) is 0.854. The number of anilines is 1. The van der Waals surface area contributed by atoms with Gasteiger partial charge in [0.25, 0.3) is 0 Å². The monoisotopic (exact) mass is 276 g/mol. The molecule has 0 bridgehead atoms. The molecule has 0 aliphatic carbocycles. The van der Waals surface area contributed by atoms with Crippen molar-refractivity contribution < 1.29 is 4.79 Å². The van der Waals surface area contributed by atoms with E-state index < -0.39 is 0 Å². The highest BCUT2D eigenvalue weighted by Gasteiger charge is 2.30. The van der Waals surface area contributed by atoms with E-state index in [1.807, 2.05) is 23.9 Å². The van der Waals surface area contributed by atoms with Gasteiger partial charge < -0.3 is 10.2 Å². The third kappa shape index (κ3) is 2.73. The molecular weight excluding hydrogens is 256 g/mol. The van der Waals surface area contributed by atoms with Gasteiger partial charge in [0.05, 0.1) is 5.92 Å². The molecule has 3 nitrogen and oxygen atoms in total. The summed E-state index contributed by atoms with van der Waals surface area (Å²) < 4.78 is 0. The van der Waals surface area contributed by atoms with Gasteiger partial charge >= 0.3 is 0 Å². The minimum absolute atomic E-state index is 0.102. The Kier molecular flexibility index (Phi) is 3.69. The number of thioether (sulfide) groups is 1. The molecule has 0 spiro atoms. The third-order valence-electron chi connectivity index (χ3n) is 3.92. The molecule has 2 unspecified atom stereocenters. The summed E-state index contributed by atoms with van der Waals surface area (Å²) >= 11 is 1.96. The number of carbonyl (C=O) groups is 1. The van der Waals surface area contributed by atoms with E-state index in [0.29, 0.717) is 11.2 Å². The van der Waals surface area contributed by atoms with Crippen LogP contribution in [-0.2, 0) is 11.2 Å². The van der Waals surface area contributed by atoms with Crippen molar-refractivity contribution >= 4 is 23.4 Å². The average Bonchev–Trinajstić information content (AvgIpc) is 2.46. The van der Waals surface area contributed by atoms with Crippen molar-refractivity contribution in [1.82, 2.24) is 4.90 Å². The van der Waals surface area contributed by atoms with Gasteiger partial charge in [-0.1, -0.05) is 25.1 Å². The molecule has 1 amide bonds. The number of fused-ring (bicyclic) bond motifs is 1. The molecule has 1 saturated heterocycles. The predicted molar refractivity (Wildman–Crippen MR) is 80.6 cm³/mol. The van der Waals surface area contributed by atoms with E-state index in [2.05, 4.69) is 29.3 Å². The zero-order valence-corrected chi connectivity index (χ0v) is 12.1. The summed E-state index contributed by atoms with van der Waals surface area (Å²) in [5.74, 6) is 1.50. The first-order chi connectivity index (χ1) is 9.24. The van der Waals surface area contributed by atoms with Gasteiger partial charge in [-0.05, 0) is 18.1 Å². The zero-order valence-electron chi connectivity index (χ0n) is 11.3. The highest BCUT2D eigenvalue weighted by Crippen LogP contribution is 2.27. The molecule has 2 aliphatic heterocycles. The van der Waals surface area contributed by atoms with Crippen LogP contribution in [0.5, 0.6) is 0 Å². The normalized spacial score (nSPS) is 26.5. The minimum atomic E-state index is 0.102. The number of carbonyl (C=O) groups excluding carboxylic acids is 1. The highest BCUT2D eigenvalue weighted by atomic mass is 32.2. The van der Waals surface area contributed by atoms with E-state index in [0.717, 1.165) is 31.8 Å². The maximum absolute atomic E-state index is 12.6. The first kappa shape index (κ1) is 12.9. The molecule has 4 heteroatoms. The van der Waals surface area contributed by atoms with Gasteiger partial charge in [0, 0.05) is 36.3 Å². The van der Waals surface area contributed by atoms with E-state index in [-0.39, 0.29) is 5.92 Å². The van der Waals surface area contributed by atoms with Crippen LogP contribution in [0, 0.1) is 5.92 Å². The molecule has 1 N–H and O–H groups in total. The third-order valence-corrected chi connectivity index (χ3v) is 5.06. The molecule has 2 atom stereocenters. The van der Waals surface area contributed by atoms with Crippen LogP contribution in [0.25, 0.3) is 0 Å². The molecule has 19 heavy (non-hydrogen) atoms. The predicted octanol–water partition coefficient (Wildman–Crippen LogP) is 2.23. The van der Waals surface area contributed by atoms with E-state index in [4.69, 9.17) is 0 Å². The number of amides is 1. The Balaban J connectivity index is 1.69. The Labute approximate surface area is 118 Å². The van der Waals surface area contributed by atoms with Crippen LogP contribution in [0.15, 0.2) is 24.3 Å². The van der Waals surface area contributed by atoms with Crippen molar-refractivity contribution in [2.24, 2.45) is 5.92 Å². The summed E-state index contributed by atoms with van der Waals surface area (Å²) in [6.07, 6.45) is 0.875. The fourth-order valence-corrected chi connectivity index (χ4v) is 3.91. The fourth-order valence-electron chi connectivity index (χ4n) is 2.89. The number of hydrogen-bond acceptors (Lipinski definition) is 3. The molecule has 0 saturated carbocycles. The van der Waals surface area contributed by atoms with Crippen LogP contribution in [0.4, 0.5) is 5.69 Å². The van der Waals surface area contributed by atoms with Crippen LogP contribution >= 0.6 is 11.8 Å². The Bertz CT molecular complexity index is 477. The topological polar surface area (TPSA) is 32.3 Å². The number of nitrogens with one attached hydrogen (secondary N) is 1. The number of hydrogen-bond donors (Lipinski definition) is 1. The second-order valence-electron chi connectivity index (χ2n) is 5.40. The summed E-state index contributed by atoms with van der Waals surface area (Å²) in [4.78, 5) is 14.6. The molecule has 1 aromatic rings. The van der Waals surface area contributed by atoms with Gasteiger partial charge in [-0.2, -0.15) is 11.8 Å². The van der Waals surface area contributed by atoms with E-state index in [9.17, 15) is 4.79 Å². The lowest BCUT2D eigenvalue weighted by Crippen LogP contribution is -2.46. The van der Waals surface area contributed by atoms with E-state index in [1.165, 1.54) is 11.3 Å². The number of nitrogens with zero attached hydrogens (tertiary/aromatic N) is 1. The standard InChI is InChI=1S/C15H20N2OS/c1-11-10-17(6-7-19-11)15(18)13-8-12-4-2-3-5-14(12)16-9-13/h2-5,11,13,16H,6-10H2,1H3. The Morgan fingerprint density at radius 3 is 3.11 bits per heavy atom. The first-order valence-corrected chi connectivity index (χ1v) is 8.01. The smallest absolute Gasteiger partial charge is 0.227 e. The van der Waals surface area contributed by atoms with Gasteiger partial charge in [0.1, 0.15) is 0 Å². The van der Waals surface area contributed by atoms with E-state index in [1.54, 1.807) is 0 Å². The zero-order chi connectivity index (χ0) is 13.2. The van der Waals surface area contributed by atoms with Gasteiger partial charge in [0.2, 0.25) is 5.91 Å². The van der Waals surface area contributed by atoms with Crippen molar-refractivity contribution in [3.63, 3.8) is 0 Å². The van der Waals surface area contributed by atoms with E-state index >= 15 is 0 Å². The largest absolute Gasteiger partial charge is 0.384 e. The maximum Gasteiger partial charge on any atom is 0.227 e. The molecular formula is C15H20N2OS. The van der Waals surface area contributed by atoms with Crippen molar-refractivity contribution in [2.45, 2.75) is 18.6 Å². The van der Waals surface area contributed by atoms with Crippen LogP contribution < -0.4 is 5.32 Å². The summed E-state index contributed by atoms with van der Waals surface area (Å²) in [6, 6.07) is 8.30. The maximum atomic E-state index is 12.6. The average molecular weight is 276 g/mol. The molecule has 1 fully saturated rings. The molecule has 0 radical (unpaired) electrons. The lowest BCUT2D eigenvalue weighted by atomic mass is 9.93.